The fourth-order valence-electron chi connectivity index (χ4n) is 3.00. The molecule has 0 bridgehead atoms. The van der Waals surface area contributed by atoms with Crippen LogP contribution in [0.2, 0.25) is 10.0 Å². The molecule has 1 atom stereocenters. The summed E-state index contributed by atoms with van der Waals surface area (Å²) in [6, 6.07) is 11.7. The van der Waals surface area contributed by atoms with E-state index in [9.17, 15) is 9.59 Å². The molecule has 0 saturated carbocycles. The normalized spacial score (nSPS) is 15.4. The highest BCUT2D eigenvalue weighted by Gasteiger charge is 2.27. The van der Waals surface area contributed by atoms with Crippen molar-refractivity contribution in [1.29, 1.82) is 0 Å². The van der Waals surface area contributed by atoms with Crippen LogP contribution in [0.1, 0.15) is 18.0 Å². The van der Waals surface area contributed by atoms with Crippen molar-refractivity contribution in [2.24, 2.45) is 0 Å². The summed E-state index contributed by atoms with van der Waals surface area (Å²) in [5, 5.41) is 10.3. The van der Waals surface area contributed by atoms with Crippen molar-refractivity contribution in [2.45, 2.75) is 12.5 Å². The van der Waals surface area contributed by atoms with Gasteiger partial charge < -0.3 is 10.1 Å². The maximum Gasteiger partial charge on any atom is 0.262 e. The van der Waals surface area contributed by atoms with Gasteiger partial charge in [-0.2, -0.15) is 10.1 Å². The third-order valence-corrected chi connectivity index (χ3v) is 4.86. The molecule has 148 valence electrons. The number of amides is 2. The lowest BCUT2D eigenvalue weighted by molar-refractivity contribution is -0.118. The van der Waals surface area contributed by atoms with Crippen LogP contribution in [0.4, 0.5) is 11.6 Å². The molecule has 2 heterocycles. The lowest BCUT2D eigenvalue weighted by atomic mass is 10.0. The average Bonchev–Trinajstić information content (AvgIpc) is 3.16. The zero-order valence-corrected chi connectivity index (χ0v) is 16.4. The highest BCUT2D eigenvalue weighted by molar-refractivity contribution is 6.36. The number of halogens is 2. The van der Waals surface area contributed by atoms with Crippen molar-refractivity contribution in [3.8, 4) is 5.75 Å². The van der Waals surface area contributed by atoms with Gasteiger partial charge in [0.1, 0.15) is 12.1 Å². The van der Waals surface area contributed by atoms with Gasteiger partial charge >= 0.3 is 0 Å². The van der Waals surface area contributed by atoms with E-state index in [2.05, 4.69) is 20.7 Å². The smallest absolute Gasteiger partial charge is 0.262 e. The minimum absolute atomic E-state index is 0.138. The van der Waals surface area contributed by atoms with Crippen LogP contribution in [0, 0.1) is 0 Å². The molecule has 3 aromatic rings. The highest BCUT2D eigenvalue weighted by atomic mass is 35.5. The molecule has 0 spiro atoms. The molecule has 0 saturated heterocycles. The predicted octanol–water partition coefficient (Wildman–Crippen LogP) is 3.53. The van der Waals surface area contributed by atoms with E-state index >= 15 is 0 Å². The summed E-state index contributed by atoms with van der Waals surface area (Å²) in [5.74, 6) is 0.389. The molecular formula is C19H15Cl2N5O3. The monoisotopic (exact) mass is 431 g/mol. The standard InChI is InChI=1S/C19H15Cl2N5O3/c20-12-4-5-15(14(21)7-12)24-18(28)9-29-13-3-1-2-11(6-13)16-8-17(27)25-19-22-10-23-26(16)19/h1-7,10,16H,8-9H2,(H,24,28)(H,22,23,25,27)/t16-/m1/s1. The Hall–Kier alpha value is -3.10. The van der Waals surface area contributed by atoms with Crippen LogP contribution < -0.4 is 15.4 Å². The molecule has 0 aliphatic carbocycles. The number of nitrogens with zero attached hydrogens (tertiary/aromatic N) is 3. The highest BCUT2D eigenvalue weighted by Crippen LogP contribution is 2.30. The van der Waals surface area contributed by atoms with Crippen LogP contribution in [0.5, 0.6) is 5.75 Å². The molecule has 29 heavy (non-hydrogen) atoms. The van der Waals surface area contributed by atoms with Crippen molar-refractivity contribution >= 4 is 46.7 Å². The molecule has 10 heteroatoms. The first-order valence-corrected chi connectivity index (χ1v) is 9.42. The number of fused-ring (bicyclic) bond motifs is 1. The van der Waals surface area contributed by atoms with Gasteiger partial charge in [0.05, 0.1) is 23.2 Å². The molecule has 2 amide bonds. The van der Waals surface area contributed by atoms with Gasteiger partial charge in [0.15, 0.2) is 6.61 Å². The first kappa shape index (κ1) is 19.2. The molecule has 2 N–H and O–H groups in total. The van der Waals surface area contributed by atoms with Gasteiger partial charge in [-0.3, -0.25) is 14.9 Å². The molecular weight excluding hydrogens is 417 g/mol. The van der Waals surface area contributed by atoms with Crippen LogP contribution in [-0.2, 0) is 9.59 Å². The summed E-state index contributed by atoms with van der Waals surface area (Å²) in [5.41, 5.74) is 1.27. The number of nitrogens with one attached hydrogen (secondary N) is 2. The summed E-state index contributed by atoms with van der Waals surface area (Å²) >= 11 is 11.9. The number of hydrogen-bond donors (Lipinski definition) is 2. The topological polar surface area (TPSA) is 98.1 Å². The Balaban J connectivity index is 1.43. The van der Waals surface area contributed by atoms with Gasteiger partial charge in [-0.1, -0.05) is 35.3 Å². The van der Waals surface area contributed by atoms with Gasteiger partial charge in [0.2, 0.25) is 11.9 Å². The average molecular weight is 432 g/mol. The Bertz CT molecular complexity index is 1090. The van der Waals surface area contributed by atoms with E-state index < -0.39 is 0 Å². The number of anilines is 2. The van der Waals surface area contributed by atoms with E-state index in [4.69, 9.17) is 27.9 Å². The molecule has 4 rings (SSSR count). The number of aromatic nitrogens is 3. The number of carbonyl (C=O) groups is 2. The van der Waals surface area contributed by atoms with E-state index in [0.717, 1.165) is 5.56 Å². The summed E-state index contributed by atoms with van der Waals surface area (Å²) in [4.78, 5) is 28.1. The first-order chi connectivity index (χ1) is 14.0. The Morgan fingerprint density at radius 3 is 2.97 bits per heavy atom. The van der Waals surface area contributed by atoms with Crippen molar-refractivity contribution in [1.82, 2.24) is 14.8 Å². The second-order valence-electron chi connectivity index (χ2n) is 6.33. The maximum atomic E-state index is 12.2. The van der Waals surface area contributed by atoms with Crippen molar-refractivity contribution in [2.75, 3.05) is 17.2 Å². The van der Waals surface area contributed by atoms with Crippen molar-refractivity contribution in [3.63, 3.8) is 0 Å². The van der Waals surface area contributed by atoms with Gasteiger partial charge in [-0.15, -0.1) is 0 Å². The summed E-state index contributed by atoms with van der Waals surface area (Å²) in [6.45, 7) is -0.206. The second kappa shape index (κ2) is 8.10. The van der Waals surface area contributed by atoms with Crippen LogP contribution in [0.15, 0.2) is 48.8 Å². The SMILES string of the molecule is O=C(COc1cccc([C@H]2CC(=O)Nc3ncnn32)c1)Nc1ccc(Cl)cc1Cl. The molecule has 0 fully saturated rings. The zero-order valence-electron chi connectivity index (χ0n) is 14.9. The van der Waals surface area contributed by atoms with Gasteiger partial charge in [-0.25, -0.2) is 4.68 Å². The van der Waals surface area contributed by atoms with Gasteiger partial charge in [0.25, 0.3) is 5.91 Å². The molecule has 1 aliphatic heterocycles. The van der Waals surface area contributed by atoms with E-state index in [1.165, 1.54) is 6.33 Å². The van der Waals surface area contributed by atoms with Gasteiger partial charge in [0, 0.05) is 5.02 Å². The van der Waals surface area contributed by atoms with Crippen molar-refractivity contribution < 1.29 is 14.3 Å². The number of ether oxygens (including phenoxy) is 1. The number of rotatable bonds is 5. The van der Waals surface area contributed by atoms with E-state index in [0.29, 0.717) is 27.4 Å². The summed E-state index contributed by atoms with van der Waals surface area (Å²) in [7, 11) is 0. The van der Waals surface area contributed by atoms with Gasteiger partial charge in [-0.05, 0) is 35.9 Å². The summed E-state index contributed by atoms with van der Waals surface area (Å²) in [6.07, 6.45) is 1.62. The molecule has 2 aromatic carbocycles. The number of hydrogen-bond acceptors (Lipinski definition) is 5. The van der Waals surface area contributed by atoms with E-state index in [1.54, 1.807) is 41.1 Å². The minimum Gasteiger partial charge on any atom is -0.484 e. The summed E-state index contributed by atoms with van der Waals surface area (Å²) < 4.78 is 7.25. The Morgan fingerprint density at radius 2 is 2.14 bits per heavy atom. The van der Waals surface area contributed by atoms with Crippen LogP contribution in [0.25, 0.3) is 0 Å². The largest absolute Gasteiger partial charge is 0.484 e. The van der Waals surface area contributed by atoms with E-state index in [-0.39, 0.29) is 30.9 Å². The van der Waals surface area contributed by atoms with Crippen molar-refractivity contribution in [3.05, 3.63) is 64.4 Å². The van der Waals surface area contributed by atoms with Crippen LogP contribution >= 0.6 is 23.2 Å². The molecule has 0 radical (unpaired) electrons. The molecule has 1 aliphatic rings. The Morgan fingerprint density at radius 1 is 1.28 bits per heavy atom. The van der Waals surface area contributed by atoms with E-state index in [1.807, 2.05) is 6.07 Å². The lowest BCUT2D eigenvalue weighted by Crippen LogP contribution is -2.29. The van der Waals surface area contributed by atoms with Crippen LogP contribution in [-0.4, -0.2) is 33.2 Å². The third kappa shape index (κ3) is 4.33. The maximum absolute atomic E-state index is 12.2. The predicted molar refractivity (Wildman–Crippen MR) is 108 cm³/mol. The minimum atomic E-state index is -0.366. The fourth-order valence-corrected chi connectivity index (χ4v) is 3.46. The number of benzene rings is 2. The fraction of sp³-hybridized carbons (Fsp3) is 0.158. The lowest BCUT2D eigenvalue weighted by Gasteiger charge is -2.24. The number of carbonyl (C=O) groups excluding carboxylic acids is 2. The third-order valence-electron chi connectivity index (χ3n) is 4.32. The molecule has 8 nitrogen and oxygen atoms in total. The zero-order chi connectivity index (χ0) is 20.4. The quantitative estimate of drug-likeness (QED) is 0.643. The van der Waals surface area contributed by atoms with Crippen LogP contribution in [0.3, 0.4) is 0 Å². The Labute approximate surface area is 175 Å². The second-order valence-corrected chi connectivity index (χ2v) is 7.17. The molecule has 1 aromatic heterocycles. The molecule has 0 unspecified atom stereocenters. The Kier molecular flexibility index (Phi) is 5.37. The first-order valence-electron chi connectivity index (χ1n) is 8.66.